The topological polar surface area (TPSA) is 63.0 Å². The Hall–Kier alpha value is -0.590. The van der Waals surface area contributed by atoms with Crippen LogP contribution in [-0.4, -0.2) is 38.5 Å². The fraction of sp³-hybridized carbons (Fsp3) is 0.800. The van der Waals surface area contributed by atoms with Gasteiger partial charge in [0.1, 0.15) is 5.69 Å². The largest absolute Gasteiger partial charge is 0.396 e. The zero-order valence-corrected chi connectivity index (χ0v) is 10.3. The van der Waals surface area contributed by atoms with Crippen molar-refractivity contribution in [2.45, 2.75) is 37.7 Å². The van der Waals surface area contributed by atoms with Crippen LogP contribution < -0.4 is 5.32 Å². The first-order chi connectivity index (χ1) is 7.79. The maximum atomic E-state index is 8.74. The zero-order valence-electron chi connectivity index (χ0n) is 9.46. The van der Waals surface area contributed by atoms with E-state index in [1.165, 1.54) is 12.2 Å². The van der Waals surface area contributed by atoms with Crippen LogP contribution in [0.3, 0.4) is 0 Å². The highest BCUT2D eigenvalue weighted by molar-refractivity contribution is 7.99. The van der Waals surface area contributed by atoms with Crippen molar-refractivity contribution in [2.75, 3.05) is 12.4 Å². The minimum Gasteiger partial charge on any atom is -0.396 e. The van der Waals surface area contributed by atoms with Gasteiger partial charge in [-0.25, -0.2) is 0 Å². The Morgan fingerprint density at radius 2 is 2.56 bits per heavy atom. The summed E-state index contributed by atoms with van der Waals surface area (Å²) in [7, 11) is 0. The summed E-state index contributed by atoms with van der Waals surface area (Å²) >= 11 is 1.88. The lowest BCUT2D eigenvalue weighted by Gasteiger charge is -2.26. The molecule has 1 aromatic heterocycles. The highest BCUT2D eigenvalue weighted by Crippen LogP contribution is 2.29. The minimum absolute atomic E-state index is 0.197. The van der Waals surface area contributed by atoms with E-state index in [4.69, 9.17) is 5.11 Å². The molecule has 0 saturated carbocycles. The molecule has 1 aliphatic rings. The second-order valence-electron chi connectivity index (χ2n) is 4.09. The smallest absolute Gasteiger partial charge is 0.110 e. The summed E-state index contributed by atoms with van der Waals surface area (Å²) in [6.07, 6.45) is 3.91. The van der Waals surface area contributed by atoms with E-state index in [0.717, 1.165) is 18.7 Å². The molecule has 1 fully saturated rings. The standard InChI is InChI=1S/C10H18N4OS/c1-8-3-6-16-10(11-8)9-7-14(13-12-9)4-2-5-15/h7-8,10-11,15H,2-6H2,1H3. The molecule has 2 heterocycles. The number of thioether (sulfide) groups is 1. The Bertz CT molecular complexity index is 330. The van der Waals surface area contributed by atoms with E-state index in [9.17, 15) is 0 Å². The van der Waals surface area contributed by atoms with Crippen molar-refractivity contribution in [1.29, 1.82) is 0 Å². The molecule has 0 amide bonds. The van der Waals surface area contributed by atoms with E-state index >= 15 is 0 Å². The Morgan fingerprint density at radius 1 is 1.69 bits per heavy atom. The Kier molecular flexibility index (Phi) is 4.20. The van der Waals surface area contributed by atoms with Crippen molar-refractivity contribution < 1.29 is 5.11 Å². The Balaban J connectivity index is 1.95. The molecule has 90 valence electrons. The summed E-state index contributed by atoms with van der Waals surface area (Å²) in [5.41, 5.74) is 0.995. The second kappa shape index (κ2) is 5.65. The summed E-state index contributed by atoms with van der Waals surface area (Å²) in [6.45, 7) is 3.13. The van der Waals surface area contributed by atoms with Crippen LogP contribution in [0.4, 0.5) is 0 Å². The van der Waals surface area contributed by atoms with Crippen LogP contribution in [0.1, 0.15) is 30.8 Å². The number of nitrogens with one attached hydrogen (secondary N) is 1. The van der Waals surface area contributed by atoms with Gasteiger partial charge in [0.2, 0.25) is 0 Å². The van der Waals surface area contributed by atoms with Gasteiger partial charge in [-0.1, -0.05) is 5.21 Å². The fourth-order valence-corrected chi connectivity index (χ4v) is 3.03. The number of aliphatic hydroxyl groups excluding tert-OH is 1. The van der Waals surface area contributed by atoms with Gasteiger partial charge in [-0.15, -0.1) is 16.9 Å². The van der Waals surface area contributed by atoms with Gasteiger partial charge in [-0.05, 0) is 25.5 Å². The second-order valence-corrected chi connectivity index (χ2v) is 5.30. The van der Waals surface area contributed by atoms with Crippen LogP contribution in [0.25, 0.3) is 0 Å². The van der Waals surface area contributed by atoms with E-state index in [1.807, 2.05) is 18.0 Å². The van der Waals surface area contributed by atoms with Gasteiger partial charge in [-0.3, -0.25) is 10.00 Å². The Morgan fingerprint density at radius 3 is 3.31 bits per heavy atom. The van der Waals surface area contributed by atoms with Crippen LogP contribution in [0.2, 0.25) is 0 Å². The van der Waals surface area contributed by atoms with E-state index in [-0.39, 0.29) is 12.0 Å². The van der Waals surface area contributed by atoms with Crippen molar-refractivity contribution >= 4 is 11.8 Å². The van der Waals surface area contributed by atoms with E-state index in [0.29, 0.717) is 6.04 Å². The van der Waals surface area contributed by atoms with Gasteiger partial charge in [0.25, 0.3) is 0 Å². The molecule has 1 aromatic rings. The van der Waals surface area contributed by atoms with E-state index in [2.05, 4.69) is 22.6 Å². The summed E-state index contributed by atoms with van der Waals surface area (Å²) < 4.78 is 1.80. The summed E-state index contributed by atoms with van der Waals surface area (Å²) in [6, 6.07) is 0.550. The maximum absolute atomic E-state index is 8.74. The van der Waals surface area contributed by atoms with Crippen LogP contribution in [0.15, 0.2) is 6.20 Å². The van der Waals surface area contributed by atoms with Gasteiger partial charge >= 0.3 is 0 Å². The fourth-order valence-electron chi connectivity index (χ4n) is 1.70. The van der Waals surface area contributed by atoms with Crippen molar-refractivity contribution in [1.82, 2.24) is 20.3 Å². The number of aryl methyl sites for hydroxylation is 1. The first-order valence-electron chi connectivity index (χ1n) is 5.68. The lowest BCUT2D eigenvalue weighted by molar-refractivity contribution is 0.276. The molecule has 2 atom stereocenters. The number of aliphatic hydroxyl groups is 1. The molecule has 0 spiro atoms. The molecule has 0 radical (unpaired) electrons. The number of hydrogen-bond acceptors (Lipinski definition) is 5. The van der Waals surface area contributed by atoms with Crippen molar-refractivity contribution in [3.63, 3.8) is 0 Å². The highest BCUT2D eigenvalue weighted by Gasteiger charge is 2.22. The van der Waals surface area contributed by atoms with Gasteiger partial charge in [0, 0.05) is 19.2 Å². The Labute approximate surface area is 99.6 Å². The molecule has 1 saturated heterocycles. The molecular formula is C10H18N4OS. The van der Waals surface area contributed by atoms with Gasteiger partial charge in [0.15, 0.2) is 0 Å². The lowest BCUT2D eigenvalue weighted by atomic mass is 10.2. The van der Waals surface area contributed by atoms with E-state index < -0.39 is 0 Å². The third kappa shape index (κ3) is 2.96. The first kappa shape index (κ1) is 11.9. The number of nitrogens with zero attached hydrogens (tertiary/aromatic N) is 3. The molecule has 0 bridgehead atoms. The molecule has 16 heavy (non-hydrogen) atoms. The first-order valence-corrected chi connectivity index (χ1v) is 6.73. The average molecular weight is 242 g/mol. The van der Waals surface area contributed by atoms with Crippen LogP contribution >= 0.6 is 11.8 Å². The SMILES string of the molecule is CC1CCSC(c2cn(CCCO)nn2)N1. The molecular weight excluding hydrogens is 224 g/mol. The van der Waals surface area contributed by atoms with Crippen molar-refractivity contribution in [3.05, 3.63) is 11.9 Å². The van der Waals surface area contributed by atoms with Crippen molar-refractivity contribution in [2.24, 2.45) is 0 Å². The normalized spacial score (nSPS) is 25.9. The number of rotatable bonds is 4. The van der Waals surface area contributed by atoms with Crippen molar-refractivity contribution in [3.8, 4) is 0 Å². The molecule has 2 unspecified atom stereocenters. The van der Waals surface area contributed by atoms with Gasteiger partial charge in [-0.2, -0.15) is 0 Å². The predicted octanol–water partition coefficient (Wildman–Crippen LogP) is 0.774. The van der Waals surface area contributed by atoms with Gasteiger partial charge < -0.3 is 5.11 Å². The molecule has 6 heteroatoms. The third-order valence-corrected chi connectivity index (χ3v) is 3.82. The molecule has 5 nitrogen and oxygen atoms in total. The molecule has 0 aliphatic carbocycles. The predicted molar refractivity (Wildman–Crippen MR) is 64.1 cm³/mol. The van der Waals surface area contributed by atoms with Crippen LogP contribution in [0.5, 0.6) is 0 Å². The van der Waals surface area contributed by atoms with Crippen LogP contribution in [0, 0.1) is 0 Å². The lowest BCUT2D eigenvalue weighted by Crippen LogP contribution is -2.33. The molecule has 2 rings (SSSR count). The minimum atomic E-state index is 0.197. The maximum Gasteiger partial charge on any atom is 0.110 e. The summed E-state index contributed by atoms with van der Waals surface area (Å²) in [5.74, 6) is 1.17. The number of aromatic nitrogens is 3. The van der Waals surface area contributed by atoms with Gasteiger partial charge in [0.05, 0.1) is 11.6 Å². The molecule has 0 aromatic carbocycles. The highest BCUT2D eigenvalue weighted by atomic mass is 32.2. The summed E-state index contributed by atoms with van der Waals surface area (Å²) in [5, 5.41) is 20.7. The van der Waals surface area contributed by atoms with Crippen LogP contribution in [-0.2, 0) is 6.54 Å². The molecule has 1 aliphatic heterocycles. The monoisotopic (exact) mass is 242 g/mol. The number of hydrogen-bond donors (Lipinski definition) is 2. The quantitative estimate of drug-likeness (QED) is 0.816. The van der Waals surface area contributed by atoms with E-state index in [1.54, 1.807) is 4.68 Å². The average Bonchev–Trinajstić information content (AvgIpc) is 2.75. The molecule has 2 N–H and O–H groups in total. The zero-order chi connectivity index (χ0) is 11.4. The summed E-state index contributed by atoms with van der Waals surface area (Å²) in [4.78, 5) is 0. The third-order valence-electron chi connectivity index (χ3n) is 2.64.